The first-order valence-corrected chi connectivity index (χ1v) is 4.53. The minimum absolute atomic E-state index is 0.715. The Bertz CT molecular complexity index is 146. The van der Waals surface area contributed by atoms with Crippen LogP contribution >= 0.6 is 0 Å². The molecular formula is C10H20. The van der Waals surface area contributed by atoms with Crippen molar-refractivity contribution in [2.45, 2.75) is 41.5 Å². The van der Waals surface area contributed by atoms with Gasteiger partial charge in [0.2, 0.25) is 0 Å². The van der Waals surface area contributed by atoms with Crippen LogP contribution in [0.25, 0.3) is 0 Å². The fourth-order valence-corrected chi connectivity index (χ4v) is 2.90. The summed E-state index contributed by atoms with van der Waals surface area (Å²) in [5.74, 6) is 2.12. The quantitative estimate of drug-likeness (QED) is 0.484. The van der Waals surface area contributed by atoms with E-state index in [1.165, 1.54) is 0 Å². The second-order valence-electron chi connectivity index (χ2n) is 4.27. The lowest BCUT2D eigenvalue weighted by molar-refractivity contribution is 0.308. The van der Waals surface area contributed by atoms with Crippen LogP contribution < -0.4 is 0 Å². The zero-order chi connectivity index (χ0) is 8.15. The molecule has 0 saturated heterocycles. The van der Waals surface area contributed by atoms with Crippen molar-refractivity contribution in [1.29, 1.82) is 0 Å². The molecule has 0 aromatic carbocycles. The smallest absolute Gasteiger partial charge is 0.0207 e. The molecule has 0 aliphatic heterocycles. The zero-order valence-electron chi connectivity index (χ0n) is 8.15. The molecule has 0 nitrogen and oxygen atoms in total. The van der Waals surface area contributed by atoms with Gasteiger partial charge >= 0.3 is 0 Å². The molecule has 0 amide bonds. The van der Waals surface area contributed by atoms with Crippen molar-refractivity contribution in [3.05, 3.63) is 0 Å². The van der Waals surface area contributed by atoms with E-state index in [0.29, 0.717) is 5.41 Å². The monoisotopic (exact) mass is 140 g/mol. The lowest BCUT2D eigenvalue weighted by Crippen LogP contribution is -2.11. The van der Waals surface area contributed by atoms with Crippen LogP contribution in [-0.2, 0) is 0 Å². The second-order valence-corrected chi connectivity index (χ2v) is 4.27. The van der Waals surface area contributed by atoms with Gasteiger partial charge in [0.25, 0.3) is 0 Å². The summed E-state index contributed by atoms with van der Waals surface area (Å²) in [4.78, 5) is 0. The van der Waals surface area contributed by atoms with Crippen molar-refractivity contribution in [2.24, 2.45) is 22.7 Å². The third kappa shape index (κ3) is 0.538. The van der Waals surface area contributed by atoms with E-state index in [1.54, 1.807) is 0 Å². The number of hydrogen-bond donors (Lipinski definition) is 0. The second kappa shape index (κ2) is 1.78. The van der Waals surface area contributed by atoms with Gasteiger partial charge in [-0.3, -0.25) is 0 Å². The van der Waals surface area contributed by atoms with Crippen LogP contribution in [0, 0.1) is 22.7 Å². The molecule has 10 heavy (non-hydrogen) atoms. The molecule has 2 fully saturated rings. The maximum atomic E-state index is 2.42. The summed E-state index contributed by atoms with van der Waals surface area (Å²) >= 11 is 0. The largest absolute Gasteiger partial charge is 0.0683 e. The fourth-order valence-electron chi connectivity index (χ4n) is 2.90. The van der Waals surface area contributed by atoms with Gasteiger partial charge in [0.15, 0.2) is 0 Å². The van der Waals surface area contributed by atoms with Crippen molar-refractivity contribution in [1.82, 2.24) is 0 Å². The standard InChI is InChI=1S/C8H14.C2H6/c1-5-6-7(2,3)8(5,6)4;1-2/h5-6H,1-4H3;1-2H3. The minimum Gasteiger partial charge on any atom is -0.0683 e. The molecule has 3 unspecified atom stereocenters. The molecule has 60 valence electrons. The Balaban J connectivity index is 0.000000231. The van der Waals surface area contributed by atoms with E-state index in [0.717, 1.165) is 17.3 Å². The van der Waals surface area contributed by atoms with Crippen LogP contribution in [0.1, 0.15) is 41.5 Å². The summed E-state index contributed by atoms with van der Waals surface area (Å²) in [6.45, 7) is 13.6. The Kier molecular flexibility index (Phi) is 1.44. The Morgan fingerprint density at radius 2 is 1.30 bits per heavy atom. The first-order valence-electron chi connectivity index (χ1n) is 4.53. The van der Waals surface area contributed by atoms with Gasteiger partial charge in [-0.05, 0) is 22.7 Å². The highest BCUT2D eigenvalue weighted by atomic mass is 14.9. The predicted molar refractivity (Wildman–Crippen MR) is 45.9 cm³/mol. The highest BCUT2D eigenvalue weighted by molar-refractivity contribution is 5.33. The molecule has 0 spiro atoms. The zero-order valence-corrected chi connectivity index (χ0v) is 8.15. The average Bonchev–Trinajstić information content (AvgIpc) is 2.59. The Morgan fingerprint density at radius 3 is 1.30 bits per heavy atom. The van der Waals surface area contributed by atoms with Crippen LogP contribution in [-0.4, -0.2) is 0 Å². The summed E-state index contributed by atoms with van der Waals surface area (Å²) in [5, 5.41) is 0. The summed E-state index contributed by atoms with van der Waals surface area (Å²) in [6, 6.07) is 0. The molecular weight excluding hydrogens is 120 g/mol. The van der Waals surface area contributed by atoms with Crippen molar-refractivity contribution in [3.8, 4) is 0 Å². The van der Waals surface area contributed by atoms with Crippen molar-refractivity contribution in [2.75, 3.05) is 0 Å². The van der Waals surface area contributed by atoms with Gasteiger partial charge in [-0.25, -0.2) is 0 Å². The van der Waals surface area contributed by atoms with Crippen LogP contribution in [0.3, 0.4) is 0 Å². The molecule has 2 saturated carbocycles. The highest BCUT2D eigenvalue weighted by Crippen LogP contribution is 2.90. The molecule has 0 aromatic rings. The van der Waals surface area contributed by atoms with Crippen LogP contribution in [0.2, 0.25) is 0 Å². The molecule has 0 aromatic heterocycles. The fraction of sp³-hybridized carbons (Fsp3) is 1.00. The molecule has 0 heterocycles. The van der Waals surface area contributed by atoms with Crippen LogP contribution in [0.15, 0.2) is 0 Å². The van der Waals surface area contributed by atoms with Gasteiger partial charge in [-0.2, -0.15) is 0 Å². The summed E-state index contributed by atoms with van der Waals surface area (Å²) in [7, 11) is 0. The molecule has 2 aliphatic carbocycles. The number of fused-ring (bicyclic) bond motifs is 1. The third-order valence-corrected chi connectivity index (χ3v) is 4.07. The van der Waals surface area contributed by atoms with E-state index in [2.05, 4.69) is 27.7 Å². The van der Waals surface area contributed by atoms with Gasteiger partial charge in [-0.15, -0.1) is 0 Å². The Morgan fingerprint density at radius 1 is 1.00 bits per heavy atom. The highest BCUT2D eigenvalue weighted by Gasteiger charge is 2.86. The average molecular weight is 140 g/mol. The number of rotatable bonds is 0. The lowest BCUT2D eigenvalue weighted by Gasteiger charge is -2.17. The molecule has 0 bridgehead atoms. The van der Waals surface area contributed by atoms with E-state index < -0.39 is 0 Å². The lowest BCUT2D eigenvalue weighted by atomic mass is 9.87. The van der Waals surface area contributed by atoms with E-state index in [-0.39, 0.29) is 0 Å². The maximum Gasteiger partial charge on any atom is -0.0207 e. The topological polar surface area (TPSA) is 0 Å². The van der Waals surface area contributed by atoms with Crippen molar-refractivity contribution in [3.63, 3.8) is 0 Å². The van der Waals surface area contributed by atoms with Crippen molar-refractivity contribution >= 4 is 0 Å². The van der Waals surface area contributed by atoms with E-state index >= 15 is 0 Å². The Labute approximate surface area is 65.0 Å². The normalized spacial score (nSPS) is 52.2. The van der Waals surface area contributed by atoms with Gasteiger partial charge in [0, 0.05) is 0 Å². The van der Waals surface area contributed by atoms with Gasteiger partial charge in [0.1, 0.15) is 0 Å². The summed E-state index contributed by atoms with van der Waals surface area (Å²) in [5.41, 5.74) is 1.49. The SMILES string of the molecule is CC.CC1C2C(C)(C)C12C. The first kappa shape index (κ1) is 8.10. The van der Waals surface area contributed by atoms with Crippen LogP contribution in [0.4, 0.5) is 0 Å². The first-order chi connectivity index (χ1) is 4.53. The molecule has 2 rings (SSSR count). The minimum atomic E-state index is 0.715. The van der Waals surface area contributed by atoms with Crippen LogP contribution in [0.5, 0.6) is 0 Å². The predicted octanol–water partition coefficient (Wildman–Crippen LogP) is 3.32. The van der Waals surface area contributed by atoms with Crippen molar-refractivity contribution < 1.29 is 0 Å². The van der Waals surface area contributed by atoms with E-state index in [1.807, 2.05) is 13.8 Å². The molecule has 2 aliphatic rings. The number of hydrogen-bond acceptors (Lipinski definition) is 0. The molecule has 0 N–H and O–H groups in total. The van der Waals surface area contributed by atoms with E-state index in [9.17, 15) is 0 Å². The van der Waals surface area contributed by atoms with Gasteiger partial charge < -0.3 is 0 Å². The Hall–Kier alpha value is 0. The molecule has 3 atom stereocenters. The molecule has 0 heteroatoms. The third-order valence-electron chi connectivity index (χ3n) is 4.07. The summed E-state index contributed by atoms with van der Waals surface area (Å²) in [6.07, 6.45) is 0. The van der Waals surface area contributed by atoms with Gasteiger partial charge in [-0.1, -0.05) is 41.5 Å². The molecule has 0 radical (unpaired) electrons. The maximum absolute atomic E-state index is 2.42. The summed E-state index contributed by atoms with van der Waals surface area (Å²) < 4.78 is 0. The van der Waals surface area contributed by atoms with Gasteiger partial charge in [0.05, 0.1) is 0 Å². The van der Waals surface area contributed by atoms with E-state index in [4.69, 9.17) is 0 Å².